The third kappa shape index (κ3) is 2.45. The highest BCUT2D eigenvalue weighted by Gasteiger charge is 2.41. The van der Waals surface area contributed by atoms with Gasteiger partial charge in [0.15, 0.2) is 0 Å². The van der Waals surface area contributed by atoms with Gasteiger partial charge in [0.1, 0.15) is 5.75 Å². The zero-order chi connectivity index (χ0) is 11.9. The maximum absolute atomic E-state index is 10.6. The molecule has 3 heteroatoms. The Kier molecular flexibility index (Phi) is 2.60. The van der Waals surface area contributed by atoms with Gasteiger partial charge >= 0.3 is 0 Å². The summed E-state index contributed by atoms with van der Waals surface area (Å²) in [6.07, 6.45) is 4.16. The average Bonchev–Trinajstić information content (AvgIpc) is 3.07. The van der Waals surface area contributed by atoms with Crippen molar-refractivity contribution in [2.75, 3.05) is 13.1 Å². The predicted octanol–water partition coefficient (Wildman–Crippen LogP) is 1.53. The summed E-state index contributed by atoms with van der Waals surface area (Å²) < 4.78 is 0. The van der Waals surface area contributed by atoms with Crippen LogP contribution in [-0.2, 0) is 6.42 Å². The minimum atomic E-state index is -0.570. The van der Waals surface area contributed by atoms with E-state index in [0.717, 1.165) is 31.1 Å². The molecule has 3 nitrogen and oxygen atoms in total. The molecule has 0 bridgehead atoms. The predicted molar refractivity (Wildman–Crippen MR) is 66.0 cm³/mol. The Labute approximate surface area is 102 Å². The third-order valence-electron chi connectivity index (χ3n) is 3.89. The molecule has 0 amide bonds. The van der Waals surface area contributed by atoms with Crippen molar-refractivity contribution in [3.8, 4) is 5.75 Å². The van der Waals surface area contributed by atoms with E-state index in [0.29, 0.717) is 6.42 Å². The lowest BCUT2D eigenvalue weighted by atomic mass is 9.94. The zero-order valence-corrected chi connectivity index (χ0v) is 9.97. The number of β-amino-alcohol motifs (C(OH)–C–C–N with tert-alkyl or cyclic N) is 1. The minimum absolute atomic E-state index is 0.284. The van der Waals surface area contributed by atoms with Gasteiger partial charge in [-0.25, -0.2) is 0 Å². The number of aliphatic hydroxyl groups is 1. The van der Waals surface area contributed by atoms with Crippen LogP contribution in [0.2, 0.25) is 0 Å². The number of aromatic hydroxyl groups is 1. The molecule has 1 saturated heterocycles. The van der Waals surface area contributed by atoms with Crippen LogP contribution in [0.1, 0.15) is 24.8 Å². The first-order valence-electron chi connectivity index (χ1n) is 6.39. The molecule has 0 spiro atoms. The summed E-state index contributed by atoms with van der Waals surface area (Å²) >= 11 is 0. The lowest BCUT2D eigenvalue weighted by molar-refractivity contribution is 0.0487. The van der Waals surface area contributed by atoms with Gasteiger partial charge < -0.3 is 10.2 Å². The molecule has 1 aliphatic carbocycles. The molecule has 1 aromatic carbocycles. The van der Waals surface area contributed by atoms with Crippen molar-refractivity contribution in [1.82, 2.24) is 4.90 Å². The van der Waals surface area contributed by atoms with Crippen molar-refractivity contribution < 1.29 is 10.2 Å². The van der Waals surface area contributed by atoms with Crippen molar-refractivity contribution in [1.29, 1.82) is 0 Å². The Hall–Kier alpha value is -1.06. The molecule has 1 heterocycles. The van der Waals surface area contributed by atoms with Crippen LogP contribution in [0.4, 0.5) is 0 Å². The summed E-state index contributed by atoms with van der Waals surface area (Å²) in [5.74, 6) is 0.284. The van der Waals surface area contributed by atoms with Gasteiger partial charge in [0.05, 0.1) is 5.60 Å². The van der Waals surface area contributed by atoms with Gasteiger partial charge in [-0.1, -0.05) is 12.1 Å². The summed E-state index contributed by atoms with van der Waals surface area (Å²) in [5, 5.41) is 19.8. The number of benzene rings is 1. The monoisotopic (exact) mass is 233 g/mol. The van der Waals surface area contributed by atoms with Crippen LogP contribution in [0.15, 0.2) is 24.3 Å². The normalized spacial score (nSPS) is 29.7. The van der Waals surface area contributed by atoms with Crippen LogP contribution in [-0.4, -0.2) is 39.8 Å². The second-order valence-electron chi connectivity index (χ2n) is 5.52. The molecular formula is C14H19NO2. The first kappa shape index (κ1) is 11.1. The number of phenolic OH excluding ortho intramolecular Hbond substituents is 1. The number of rotatable bonds is 3. The highest BCUT2D eigenvalue weighted by molar-refractivity contribution is 5.27. The molecule has 1 saturated carbocycles. The first-order valence-corrected chi connectivity index (χ1v) is 6.39. The average molecular weight is 233 g/mol. The molecule has 1 unspecified atom stereocenters. The summed E-state index contributed by atoms with van der Waals surface area (Å²) in [5.41, 5.74) is 0.530. The van der Waals surface area contributed by atoms with E-state index >= 15 is 0 Å². The fourth-order valence-electron chi connectivity index (χ4n) is 2.78. The van der Waals surface area contributed by atoms with Crippen molar-refractivity contribution in [2.24, 2.45) is 0 Å². The molecule has 2 aliphatic rings. The van der Waals surface area contributed by atoms with E-state index < -0.39 is 5.60 Å². The Morgan fingerprint density at radius 2 is 1.94 bits per heavy atom. The fourth-order valence-corrected chi connectivity index (χ4v) is 2.78. The van der Waals surface area contributed by atoms with Crippen LogP contribution in [0.3, 0.4) is 0 Å². The van der Waals surface area contributed by atoms with Crippen molar-refractivity contribution >= 4 is 0 Å². The molecular weight excluding hydrogens is 214 g/mol. The number of phenols is 1. The topological polar surface area (TPSA) is 43.7 Å². The number of nitrogens with zero attached hydrogens (tertiary/aromatic N) is 1. The van der Waals surface area contributed by atoms with E-state index in [2.05, 4.69) is 4.90 Å². The van der Waals surface area contributed by atoms with Crippen LogP contribution in [0.25, 0.3) is 0 Å². The lowest BCUT2D eigenvalue weighted by Gasteiger charge is -2.23. The molecule has 1 aromatic rings. The summed E-state index contributed by atoms with van der Waals surface area (Å²) in [7, 11) is 0. The Bertz CT molecular complexity index is 399. The number of hydrogen-bond donors (Lipinski definition) is 2. The van der Waals surface area contributed by atoms with E-state index in [1.807, 2.05) is 12.1 Å². The molecule has 3 rings (SSSR count). The molecule has 0 radical (unpaired) electrons. The highest BCUT2D eigenvalue weighted by atomic mass is 16.3. The Balaban J connectivity index is 1.65. The molecule has 1 atom stereocenters. The van der Waals surface area contributed by atoms with Crippen molar-refractivity contribution in [2.45, 2.75) is 37.3 Å². The molecule has 2 N–H and O–H groups in total. The quantitative estimate of drug-likeness (QED) is 0.832. The lowest BCUT2D eigenvalue weighted by Crippen LogP contribution is -2.36. The maximum Gasteiger partial charge on any atom is 0.115 e. The van der Waals surface area contributed by atoms with Crippen LogP contribution >= 0.6 is 0 Å². The smallest absolute Gasteiger partial charge is 0.115 e. The first-order chi connectivity index (χ1) is 8.15. The van der Waals surface area contributed by atoms with Crippen LogP contribution < -0.4 is 0 Å². The standard InChI is InChI=1S/C14H19NO2/c16-13-5-1-11(2-6-13)9-14(17)7-8-15(10-14)12-3-4-12/h1-2,5-6,12,16-17H,3-4,7-10H2. The molecule has 1 aliphatic heterocycles. The van der Waals surface area contributed by atoms with E-state index in [9.17, 15) is 10.2 Å². The SMILES string of the molecule is Oc1ccc(CC2(O)CCN(C3CC3)C2)cc1. The van der Waals surface area contributed by atoms with E-state index in [4.69, 9.17) is 0 Å². The Morgan fingerprint density at radius 3 is 2.59 bits per heavy atom. The largest absolute Gasteiger partial charge is 0.508 e. The second-order valence-corrected chi connectivity index (χ2v) is 5.52. The van der Waals surface area contributed by atoms with Crippen molar-refractivity contribution in [3.63, 3.8) is 0 Å². The third-order valence-corrected chi connectivity index (χ3v) is 3.89. The van der Waals surface area contributed by atoms with E-state index in [1.165, 1.54) is 12.8 Å². The van der Waals surface area contributed by atoms with E-state index in [1.54, 1.807) is 12.1 Å². The van der Waals surface area contributed by atoms with Crippen LogP contribution in [0.5, 0.6) is 5.75 Å². The van der Waals surface area contributed by atoms with Gasteiger partial charge in [0.25, 0.3) is 0 Å². The van der Waals surface area contributed by atoms with Gasteiger partial charge in [-0.2, -0.15) is 0 Å². The minimum Gasteiger partial charge on any atom is -0.508 e. The fraction of sp³-hybridized carbons (Fsp3) is 0.571. The molecule has 2 fully saturated rings. The van der Waals surface area contributed by atoms with Gasteiger partial charge in [-0.3, -0.25) is 4.90 Å². The molecule has 92 valence electrons. The highest BCUT2D eigenvalue weighted by Crippen LogP contribution is 2.34. The number of likely N-dealkylation sites (tertiary alicyclic amines) is 1. The summed E-state index contributed by atoms with van der Waals surface area (Å²) in [4.78, 5) is 2.42. The summed E-state index contributed by atoms with van der Waals surface area (Å²) in [6, 6.07) is 7.91. The maximum atomic E-state index is 10.6. The molecule has 17 heavy (non-hydrogen) atoms. The van der Waals surface area contributed by atoms with Gasteiger partial charge in [-0.05, 0) is 37.0 Å². The molecule has 0 aromatic heterocycles. The number of hydrogen-bond acceptors (Lipinski definition) is 3. The van der Waals surface area contributed by atoms with Gasteiger partial charge in [0.2, 0.25) is 0 Å². The Morgan fingerprint density at radius 1 is 1.24 bits per heavy atom. The van der Waals surface area contributed by atoms with Crippen molar-refractivity contribution in [3.05, 3.63) is 29.8 Å². The van der Waals surface area contributed by atoms with Gasteiger partial charge in [-0.15, -0.1) is 0 Å². The van der Waals surface area contributed by atoms with Crippen LogP contribution in [0, 0.1) is 0 Å². The summed E-state index contributed by atoms with van der Waals surface area (Å²) in [6.45, 7) is 1.83. The van der Waals surface area contributed by atoms with E-state index in [-0.39, 0.29) is 5.75 Å². The zero-order valence-electron chi connectivity index (χ0n) is 9.97. The second kappa shape index (κ2) is 4.00. The van der Waals surface area contributed by atoms with Gasteiger partial charge in [0, 0.05) is 25.6 Å².